The number of thiazole rings is 1. The molecule has 0 bridgehead atoms. The van der Waals surface area contributed by atoms with Crippen LogP contribution in [0.15, 0.2) is 29.6 Å². The zero-order valence-corrected chi connectivity index (χ0v) is 18.5. The maximum absolute atomic E-state index is 12.9. The van der Waals surface area contributed by atoms with Gasteiger partial charge in [-0.1, -0.05) is 12.1 Å². The number of likely N-dealkylation sites (N-methyl/N-ethyl adjacent to an activating group) is 1. The van der Waals surface area contributed by atoms with E-state index in [-0.39, 0.29) is 17.9 Å². The fourth-order valence-corrected chi connectivity index (χ4v) is 5.11. The number of para-hydroxylation sites is 2. The molecule has 10 heteroatoms. The maximum atomic E-state index is 12.9. The Balaban J connectivity index is 1.45. The van der Waals surface area contributed by atoms with Crippen LogP contribution in [-0.4, -0.2) is 61.6 Å². The number of nitrogens with zero attached hydrogens (tertiary/aromatic N) is 3. The molecule has 0 radical (unpaired) electrons. The second-order valence-electron chi connectivity index (χ2n) is 8.16. The van der Waals surface area contributed by atoms with Crippen LogP contribution in [0.2, 0.25) is 0 Å². The number of hydrogen-bond acceptors (Lipinski definition) is 8. The number of anilines is 3. The molecule has 2 amide bonds. The summed E-state index contributed by atoms with van der Waals surface area (Å²) >= 11 is 1.46. The van der Waals surface area contributed by atoms with Crippen LogP contribution in [0.1, 0.15) is 29.8 Å². The Morgan fingerprint density at radius 1 is 1.19 bits per heavy atom. The molecular weight excluding hydrogens is 414 g/mol. The van der Waals surface area contributed by atoms with E-state index in [0.717, 1.165) is 36.0 Å². The van der Waals surface area contributed by atoms with Gasteiger partial charge in [0.2, 0.25) is 5.91 Å². The van der Waals surface area contributed by atoms with Crippen LogP contribution >= 0.6 is 11.3 Å². The quantitative estimate of drug-likeness (QED) is 0.524. The third-order valence-electron chi connectivity index (χ3n) is 6.28. The number of hydrogen-bond donors (Lipinski definition) is 4. The number of primary amides is 1. The summed E-state index contributed by atoms with van der Waals surface area (Å²) in [6.45, 7) is 2.96. The van der Waals surface area contributed by atoms with Crippen molar-refractivity contribution in [3.05, 3.63) is 35.3 Å². The highest BCUT2D eigenvalue weighted by Crippen LogP contribution is 2.32. The second kappa shape index (κ2) is 8.81. The SMILES string of the molecule is CNC1(C(N)=O)CCN(c2ccccc2NC(=O)c2csc(N3CC[C@@H](N)C3)n2)CC1. The van der Waals surface area contributed by atoms with Crippen LogP contribution in [0, 0.1) is 0 Å². The summed E-state index contributed by atoms with van der Waals surface area (Å²) in [5.74, 6) is -0.563. The number of benzene rings is 1. The summed E-state index contributed by atoms with van der Waals surface area (Å²) < 4.78 is 0. The van der Waals surface area contributed by atoms with Gasteiger partial charge in [-0.05, 0) is 38.4 Å². The van der Waals surface area contributed by atoms with Gasteiger partial charge in [-0.3, -0.25) is 9.59 Å². The molecule has 1 atom stereocenters. The van der Waals surface area contributed by atoms with Gasteiger partial charge < -0.3 is 31.9 Å². The molecule has 4 rings (SSSR count). The molecule has 2 saturated heterocycles. The lowest BCUT2D eigenvalue weighted by Crippen LogP contribution is -2.59. The monoisotopic (exact) mass is 443 g/mol. The van der Waals surface area contributed by atoms with Gasteiger partial charge in [0, 0.05) is 37.6 Å². The lowest BCUT2D eigenvalue weighted by molar-refractivity contribution is -0.125. The van der Waals surface area contributed by atoms with Crippen LogP contribution in [0.4, 0.5) is 16.5 Å². The zero-order valence-electron chi connectivity index (χ0n) is 17.6. The summed E-state index contributed by atoms with van der Waals surface area (Å²) in [4.78, 5) is 33.6. The molecule has 2 fully saturated rings. The van der Waals surface area contributed by atoms with Crippen molar-refractivity contribution in [2.45, 2.75) is 30.8 Å². The van der Waals surface area contributed by atoms with E-state index in [1.54, 1.807) is 12.4 Å². The Kier molecular flexibility index (Phi) is 6.12. The van der Waals surface area contributed by atoms with E-state index in [9.17, 15) is 9.59 Å². The summed E-state index contributed by atoms with van der Waals surface area (Å²) in [6, 6.07) is 7.85. The predicted molar refractivity (Wildman–Crippen MR) is 124 cm³/mol. The molecule has 0 spiro atoms. The molecule has 2 aliphatic rings. The molecule has 2 aliphatic heterocycles. The van der Waals surface area contributed by atoms with Gasteiger partial charge in [-0.2, -0.15) is 0 Å². The summed E-state index contributed by atoms with van der Waals surface area (Å²) in [6.07, 6.45) is 2.15. The number of nitrogens with one attached hydrogen (secondary N) is 2. The number of aromatic nitrogens is 1. The van der Waals surface area contributed by atoms with E-state index in [1.165, 1.54) is 11.3 Å². The van der Waals surface area contributed by atoms with Crippen molar-refractivity contribution in [2.24, 2.45) is 11.5 Å². The van der Waals surface area contributed by atoms with Crippen LogP contribution in [0.3, 0.4) is 0 Å². The van der Waals surface area contributed by atoms with Crippen molar-refractivity contribution in [2.75, 3.05) is 48.3 Å². The Bertz CT molecular complexity index is 955. The van der Waals surface area contributed by atoms with Crippen molar-refractivity contribution in [1.82, 2.24) is 10.3 Å². The highest BCUT2D eigenvalue weighted by atomic mass is 32.1. The molecule has 1 aromatic heterocycles. The number of piperidine rings is 1. The van der Waals surface area contributed by atoms with Gasteiger partial charge in [0.25, 0.3) is 5.91 Å². The van der Waals surface area contributed by atoms with Crippen molar-refractivity contribution in [1.29, 1.82) is 0 Å². The standard InChI is InChI=1S/C21H29N7O2S/c1-24-21(19(23)30)7-10-27(11-8-21)17-5-3-2-4-15(17)25-18(29)16-13-31-20(26-16)28-9-6-14(22)12-28/h2-5,13-14,24H,6-12,22H2,1H3,(H2,23,30)(H,25,29)/t14-/m1/s1. The van der Waals surface area contributed by atoms with E-state index in [1.807, 2.05) is 24.3 Å². The average Bonchev–Trinajstić information content (AvgIpc) is 3.43. The normalized spacial score (nSPS) is 20.6. The molecule has 0 unspecified atom stereocenters. The second-order valence-corrected chi connectivity index (χ2v) is 9.00. The Morgan fingerprint density at radius 3 is 2.58 bits per heavy atom. The molecule has 166 valence electrons. The molecule has 1 aromatic carbocycles. The van der Waals surface area contributed by atoms with Gasteiger partial charge in [0.15, 0.2) is 5.13 Å². The molecule has 9 nitrogen and oxygen atoms in total. The molecular formula is C21H29N7O2S. The highest BCUT2D eigenvalue weighted by molar-refractivity contribution is 7.14. The van der Waals surface area contributed by atoms with Gasteiger partial charge >= 0.3 is 0 Å². The Labute approximate surface area is 185 Å². The van der Waals surface area contributed by atoms with E-state index in [4.69, 9.17) is 11.5 Å². The summed E-state index contributed by atoms with van der Waals surface area (Å²) in [5, 5.41) is 8.72. The highest BCUT2D eigenvalue weighted by Gasteiger charge is 2.38. The topological polar surface area (TPSA) is 130 Å². The first kappa shape index (κ1) is 21.5. The average molecular weight is 444 g/mol. The number of carbonyl (C=O) groups excluding carboxylic acids is 2. The fourth-order valence-electron chi connectivity index (χ4n) is 4.27. The van der Waals surface area contributed by atoms with Crippen LogP contribution in [0.5, 0.6) is 0 Å². The zero-order chi connectivity index (χ0) is 22.0. The molecule has 6 N–H and O–H groups in total. The minimum Gasteiger partial charge on any atom is -0.370 e. The lowest BCUT2D eigenvalue weighted by Gasteiger charge is -2.41. The number of nitrogens with two attached hydrogens (primary N) is 2. The molecule has 31 heavy (non-hydrogen) atoms. The fraction of sp³-hybridized carbons (Fsp3) is 0.476. The molecule has 3 heterocycles. The molecule has 0 aliphatic carbocycles. The van der Waals surface area contributed by atoms with E-state index >= 15 is 0 Å². The summed E-state index contributed by atoms with van der Waals surface area (Å²) in [5.41, 5.74) is 13.0. The summed E-state index contributed by atoms with van der Waals surface area (Å²) in [7, 11) is 1.77. The van der Waals surface area contributed by atoms with Crippen molar-refractivity contribution in [3.8, 4) is 0 Å². The smallest absolute Gasteiger partial charge is 0.275 e. The van der Waals surface area contributed by atoms with Crippen molar-refractivity contribution in [3.63, 3.8) is 0 Å². The van der Waals surface area contributed by atoms with Crippen LogP contribution in [-0.2, 0) is 4.79 Å². The van der Waals surface area contributed by atoms with Crippen LogP contribution in [0.25, 0.3) is 0 Å². The Hall–Kier alpha value is -2.69. The number of amides is 2. The van der Waals surface area contributed by atoms with Gasteiger partial charge in [0.05, 0.1) is 11.4 Å². The van der Waals surface area contributed by atoms with Crippen molar-refractivity contribution >= 4 is 39.7 Å². The first-order chi connectivity index (χ1) is 14.9. The van der Waals surface area contributed by atoms with Crippen LogP contribution < -0.4 is 31.9 Å². The Morgan fingerprint density at radius 2 is 1.94 bits per heavy atom. The third kappa shape index (κ3) is 4.36. The number of rotatable bonds is 6. The molecule has 2 aromatic rings. The van der Waals surface area contributed by atoms with Gasteiger partial charge in [-0.25, -0.2) is 4.98 Å². The predicted octanol–water partition coefficient (Wildman–Crippen LogP) is 0.977. The van der Waals surface area contributed by atoms with Gasteiger partial charge in [0.1, 0.15) is 11.2 Å². The van der Waals surface area contributed by atoms with Crippen molar-refractivity contribution < 1.29 is 9.59 Å². The van der Waals surface area contributed by atoms with E-state index in [2.05, 4.69) is 25.4 Å². The first-order valence-corrected chi connectivity index (χ1v) is 11.4. The minimum absolute atomic E-state index is 0.161. The largest absolute Gasteiger partial charge is 0.370 e. The van der Waals surface area contributed by atoms with E-state index in [0.29, 0.717) is 31.6 Å². The van der Waals surface area contributed by atoms with Gasteiger partial charge in [-0.15, -0.1) is 11.3 Å². The number of carbonyl (C=O) groups is 2. The van der Waals surface area contributed by atoms with E-state index < -0.39 is 5.54 Å². The third-order valence-corrected chi connectivity index (χ3v) is 7.18. The molecule has 0 saturated carbocycles. The minimum atomic E-state index is -0.677. The first-order valence-electron chi connectivity index (χ1n) is 10.5. The lowest BCUT2D eigenvalue weighted by atomic mass is 9.86. The maximum Gasteiger partial charge on any atom is 0.275 e.